The second kappa shape index (κ2) is 6.57. The van der Waals surface area contributed by atoms with Crippen molar-refractivity contribution >= 4 is 26.7 Å². The molecule has 0 fully saturated rings. The number of carbonyl (C=O) groups excluding carboxylic acids is 1. The highest BCUT2D eigenvalue weighted by atomic mass is 35.5. The SMILES string of the molecule is CCc1cc(S(=O)(=O)c2ccccc2)c(C(F)(F)F)cc1C(=O)Cl. The molecule has 2 aromatic rings. The molecule has 0 aliphatic heterocycles. The summed E-state index contributed by atoms with van der Waals surface area (Å²) in [5, 5.41) is -1.07. The molecule has 0 bridgehead atoms. The van der Waals surface area contributed by atoms with Crippen LogP contribution in [0.3, 0.4) is 0 Å². The van der Waals surface area contributed by atoms with E-state index in [-0.39, 0.29) is 22.4 Å². The average Bonchev–Trinajstić information content (AvgIpc) is 2.53. The molecule has 0 spiro atoms. The van der Waals surface area contributed by atoms with E-state index in [9.17, 15) is 26.4 Å². The van der Waals surface area contributed by atoms with Crippen molar-refractivity contribution < 1.29 is 26.4 Å². The van der Waals surface area contributed by atoms with Crippen molar-refractivity contribution in [2.45, 2.75) is 29.3 Å². The van der Waals surface area contributed by atoms with E-state index in [2.05, 4.69) is 0 Å². The third kappa shape index (κ3) is 3.47. The van der Waals surface area contributed by atoms with E-state index in [1.165, 1.54) is 24.3 Å². The lowest BCUT2D eigenvalue weighted by Gasteiger charge is -2.16. The molecule has 0 heterocycles. The van der Waals surface area contributed by atoms with Crippen LogP contribution in [0.4, 0.5) is 13.2 Å². The van der Waals surface area contributed by atoms with E-state index in [0.29, 0.717) is 6.07 Å². The molecule has 2 rings (SSSR count). The molecular weight excluding hydrogens is 365 g/mol. The Morgan fingerprint density at radius 2 is 1.71 bits per heavy atom. The number of carbonyl (C=O) groups is 1. The Labute approximate surface area is 142 Å². The lowest BCUT2D eigenvalue weighted by molar-refractivity contribution is -0.139. The first kappa shape index (κ1) is 18.5. The van der Waals surface area contributed by atoms with Gasteiger partial charge < -0.3 is 0 Å². The zero-order chi connectivity index (χ0) is 18.1. The Kier molecular flexibility index (Phi) is 5.05. The fourth-order valence-electron chi connectivity index (χ4n) is 2.27. The molecule has 128 valence electrons. The third-order valence-corrected chi connectivity index (χ3v) is 5.46. The summed E-state index contributed by atoms with van der Waals surface area (Å²) in [4.78, 5) is 10.2. The van der Waals surface area contributed by atoms with Gasteiger partial charge in [-0.25, -0.2) is 8.42 Å². The summed E-state index contributed by atoms with van der Waals surface area (Å²) in [6, 6.07) is 8.18. The van der Waals surface area contributed by atoms with Crippen LogP contribution < -0.4 is 0 Å². The summed E-state index contributed by atoms with van der Waals surface area (Å²) in [6.45, 7) is 1.59. The minimum absolute atomic E-state index is 0.137. The molecule has 0 radical (unpaired) electrons. The summed E-state index contributed by atoms with van der Waals surface area (Å²) < 4.78 is 65.3. The van der Waals surface area contributed by atoms with Crippen molar-refractivity contribution in [3.05, 3.63) is 59.2 Å². The first-order chi connectivity index (χ1) is 11.1. The Morgan fingerprint density at radius 1 is 1.12 bits per heavy atom. The van der Waals surface area contributed by atoms with Crippen LogP contribution in [0, 0.1) is 0 Å². The van der Waals surface area contributed by atoms with Crippen LogP contribution in [0.15, 0.2) is 52.3 Å². The molecule has 0 aliphatic carbocycles. The second-order valence-corrected chi connectivity index (χ2v) is 7.21. The minimum atomic E-state index is -4.95. The molecule has 0 amide bonds. The number of benzene rings is 2. The number of sulfone groups is 1. The summed E-state index contributed by atoms with van der Waals surface area (Å²) >= 11 is 5.34. The fourth-order valence-corrected chi connectivity index (χ4v) is 3.97. The maximum absolute atomic E-state index is 13.4. The van der Waals surface area contributed by atoms with Crippen LogP contribution in [0.5, 0.6) is 0 Å². The lowest BCUT2D eigenvalue weighted by Crippen LogP contribution is -2.16. The third-order valence-electron chi connectivity index (χ3n) is 3.45. The van der Waals surface area contributed by atoms with Gasteiger partial charge in [0.25, 0.3) is 5.24 Å². The van der Waals surface area contributed by atoms with Crippen LogP contribution in [-0.2, 0) is 22.4 Å². The van der Waals surface area contributed by atoms with E-state index >= 15 is 0 Å². The smallest absolute Gasteiger partial charge is 0.276 e. The fraction of sp³-hybridized carbons (Fsp3) is 0.188. The largest absolute Gasteiger partial charge is 0.417 e. The van der Waals surface area contributed by atoms with Gasteiger partial charge in [-0.2, -0.15) is 13.2 Å². The van der Waals surface area contributed by atoms with Gasteiger partial charge in [-0.15, -0.1) is 0 Å². The predicted molar refractivity (Wildman–Crippen MR) is 82.9 cm³/mol. The minimum Gasteiger partial charge on any atom is -0.276 e. The molecule has 24 heavy (non-hydrogen) atoms. The topological polar surface area (TPSA) is 51.2 Å². The van der Waals surface area contributed by atoms with Crippen molar-refractivity contribution in [1.82, 2.24) is 0 Å². The van der Waals surface area contributed by atoms with Crippen LogP contribution in [0.2, 0.25) is 0 Å². The molecule has 0 unspecified atom stereocenters. The maximum atomic E-state index is 13.4. The van der Waals surface area contributed by atoms with Gasteiger partial charge in [-0.05, 0) is 47.9 Å². The summed E-state index contributed by atoms with van der Waals surface area (Å²) in [5.41, 5.74) is -1.62. The lowest BCUT2D eigenvalue weighted by atomic mass is 10.0. The van der Waals surface area contributed by atoms with Crippen molar-refractivity contribution in [3.63, 3.8) is 0 Å². The van der Waals surface area contributed by atoms with Crippen LogP contribution in [-0.4, -0.2) is 13.7 Å². The normalized spacial score (nSPS) is 12.2. The van der Waals surface area contributed by atoms with Gasteiger partial charge in [0.1, 0.15) is 0 Å². The molecule has 3 nitrogen and oxygen atoms in total. The molecule has 0 saturated heterocycles. The zero-order valence-electron chi connectivity index (χ0n) is 12.4. The standard InChI is InChI=1S/C16H12ClF3O3S/c1-2-10-8-14(24(22,23)11-6-4-3-5-7-11)13(16(18,19)20)9-12(10)15(17)21/h3-9H,2H2,1H3. The summed E-state index contributed by atoms with van der Waals surface area (Å²) in [6.07, 6.45) is -4.80. The Hall–Kier alpha value is -1.86. The van der Waals surface area contributed by atoms with Crippen molar-refractivity contribution in [1.29, 1.82) is 0 Å². The van der Waals surface area contributed by atoms with Crippen molar-refractivity contribution in [2.24, 2.45) is 0 Å². The molecule has 0 saturated carbocycles. The molecule has 0 aliphatic rings. The van der Waals surface area contributed by atoms with Gasteiger partial charge in [0.15, 0.2) is 0 Å². The Balaban J connectivity index is 2.85. The Morgan fingerprint density at radius 3 is 2.17 bits per heavy atom. The van der Waals surface area contributed by atoms with E-state index in [1.807, 2.05) is 0 Å². The molecule has 0 N–H and O–H groups in total. The predicted octanol–water partition coefficient (Wildman–Crippen LogP) is 4.48. The number of aryl methyl sites for hydroxylation is 1. The molecule has 8 heteroatoms. The zero-order valence-corrected chi connectivity index (χ0v) is 14.0. The molecule has 0 atom stereocenters. The number of halogens is 4. The Bertz CT molecular complexity index is 875. The molecule has 0 aromatic heterocycles. The molecule has 2 aromatic carbocycles. The van der Waals surface area contributed by atoms with E-state index in [0.717, 1.165) is 6.07 Å². The number of hydrogen-bond acceptors (Lipinski definition) is 3. The van der Waals surface area contributed by atoms with E-state index in [4.69, 9.17) is 11.6 Å². The van der Waals surface area contributed by atoms with Gasteiger partial charge in [-0.3, -0.25) is 4.79 Å². The van der Waals surface area contributed by atoms with E-state index < -0.39 is 31.7 Å². The second-order valence-electron chi connectivity index (χ2n) is 4.95. The highest BCUT2D eigenvalue weighted by Crippen LogP contribution is 2.38. The monoisotopic (exact) mass is 376 g/mol. The van der Waals surface area contributed by atoms with Gasteiger partial charge in [0.05, 0.1) is 15.4 Å². The van der Waals surface area contributed by atoms with Gasteiger partial charge in [-0.1, -0.05) is 25.1 Å². The van der Waals surface area contributed by atoms with Crippen LogP contribution in [0.1, 0.15) is 28.4 Å². The van der Waals surface area contributed by atoms with Gasteiger partial charge >= 0.3 is 6.18 Å². The van der Waals surface area contributed by atoms with Crippen molar-refractivity contribution in [2.75, 3.05) is 0 Å². The quantitative estimate of drug-likeness (QED) is 0.739. The number of alkyl halides is 3. The highest BCUT2D eigenvalue weighted by Gasteiger charge is 2.39. The first-order valence-corrected chi connectivity index (χ1v) is 8.69. The van der Waals surface area contributed by atoms with Gasteiger partial charge in [0, 0.05) is 5.56 Å². The van der Waals surface area contributed by atoms with Gasteiger partial charge in [0.2, 0.25) is 9.84 Å². The first-order valence-electron chi connectivity index (χ1n) is 6.83. The van der Waals surface area contributed by atoms with Crippen LogP contribution in [0.25, 0.3) is 0 Å². The number of rotatable bonds is 4. The summed E-state index contributed by atoms with van der Waals surface area (Å²) in [7, 11) is -4.40. The maximum Gasteiger partial charge on any atom is 0.417 e. The summed E-state index contributed by atoms with van der Waals surface area (Å²) in [5.74, 6) is 0. The number of hydrogen-bond donors (Lipinski definition) is 0. The highest BCUT2D eigenvalue weighted by molar-refractivity contribution is 7.91. The molecular formula is C16H12ClF3O3S. The average molecular weight is 377 g/mol. The van der Waals surface area contributed by atoms with Crippen LogP contribution >= 0.6 is 11.6 Å². The van der Waals surface area contributed by atoms with E-state index in [1.54, 1.807) is 13.0 Å². The van der Waals surface area contributed by atoms with Crippen molar-refractivity contribution in [3.8, 4) is 0 Å².